The fourth-order valence-electron chi connectivity index (χ4n) is 2.01. The molecule has 0 aromatic heterocycles. The molecule has 88 valence electrons. The first-order valence-corrected chi connectivity index (χ1v) is 5.63. The zero-order valence-corrected chi connectivity index (χ0v) is 10.1. The first-order valence-electron chi connectivity index (χ1n) is 5.63. The average molecular weight is 214 g/mol. The van der Waals surface area contributed by atoms with E-state index >= 15 is 0 Å². The van der Waals surface area contributed by atoms with Crippen LogP contribution in [0.15, 0.2) is 0 Å². The van der Waals surface area contributed by atoms with E-state index in [1.165, 1.54) is 0 Å². The normalized spacial score (nSPS) is 26.1. The number of carbonyl (C=O) groups excluding carboxylic acids is 1. The van der Waals surface area contributed by atoms with Crippen molar-refractivity contribution >= 4 is 5.91 Å². The Morgan fingerprint density at radius 2 is 2.07 bits per heavy atom. The van der Waals surface area contributed by atoms with Crippen LogP contribution in [-0.4, -0.2) is 58.6 Å². The van der Waals surface area contributed by atoms with Gasteiger partial charge < -0.3 is 10.0 Å². The second-order valence-corrected chi connectivity index (χ2v) is 4.77. The lowest BCUT2D eigenvalue weighted by Gasteiger charge is -2.41. The summed E-state index contributed by atoms with van der Waals surface area (Å²) >= 11 is 0. The van der Waals surface area contributed by atoms with Crippen molar-refractivity contribution in [3.63, 3.8) is 0 Å². The number of hydrogen-bond acceptors (Lipinski definition) is 3. The van der Waals surface area contributed by atoms with Crippen molar-refractivity contribution < 1.29 is 9.90 Å². The van der Waals surface area contributed by atoms with Gasteiger partial charge in [0.1, 0.15) is 0 Å². The zero-order valence-electron chi connectivity index (χ0n) is 10.1. The molecule has 15 heavy (non-hydrogen) atoms. The van der Waals surface area contributed by atoms with Gasteiger partial charge in [-0.2, -0.15) is 0 Å². The molecule has 1 aliphatic rings. The molecule has 0 aromatic carbocycles. The monoisotopic (exact) mass is 214 g/mol. The largest absolute Gasteiger partial charge is 0.392 e. The minimum absolute atomic E-state index is 0.170. The van der Waals surface area contributed by atoms with Crippen LogP contribution >= 0.6 is 0 Å². The van der Waals surface area contributed by atoms with Gasteiger partial charge >= 0.3 is 0 Å². The van der Waals surface area contributed by atoms with E-state index in [2.05, 4.69) is 6.92 Å². The van der Waals surface area contributed by atoms with E-state index in [-0.39, 0.29) is 18.1 Å². The number of rotatable bonds is 3. The van der Waals surface area contributed by atoms with Gasteiger partial charge in [-0.25, -0.2) is 0 Å². The lowest BCUT2D eigenvalue weighted by atomic mass is 10.1. The number of piperazine rings is 1. The first kappa shape index (κ1) is 12.5. The van der Waals surface area contributed by atoms with Crippen molar-refractivity contribution in [1.82, 2.24) is 9.80 Å². The molecule has 1 aliphatic heterocycles. The highest BCUT2D eigenvalue weighted by molar-refractivity contribution is 5.79. The molecule has 0 spiro atoms. The highest BCUT2D eigenvalue weighted by Crippen LogP contribution is 2.13. The Hall–Kier alpha value is -0.610. The lowest BCUT2D eigenvalue weighted by molar-refractivity contribution is -0.140. The molecule has 1 rings (SSSR count). The van der Waals surface area contributed by atoms with Crippen LogP contribution in [0.1, 0.15) is 27.7 Å². The van der Waals surface area contributed by atoms with Crippen molar-refractivity contribution in [3.05, 3.63) is 0 Å². The van der Waals surface area contributed by atoms with Crippen LogP contribution < -0.4 is 0 Å². The van der Waals surface area contributed by atoms with Crippen molar-refractivity contribution in [2.75, 3.05) is 19.6 Å². The molecular weight excluding hydrogens is 192 g/mol. The standard InChI is InChI=1S/C11H22N2O2/c1-8(2)13-5-9(3)12(6-10(4)14)7-11(13)15/h8-10,14H,5-7H2,1-4H3. The number of β-amino-alcohol motifs (C(OH)–C–C–N with tert-alkyl or cyclic N) is 1. The molecule has 0 saturated carbocycles. The van der Waals surface area contributed by atoms with Crippen molar-refractivity contribution in [2.24, 2.45) is 0 Å². The minimum atomic E-state index is -0.370. The molecule has 1 fully saturated rings. The molecule has 0 aromatic rings. The topological polar surface area (TPSA) is 43.8 Å². The first-order chi connectivity index (χ1) is 6.91. The van der Waals surface area contributed by atoms with E-state index in [0.29, 0.717) is 19.1 Å². The van der Waals surface area contributed by atoms with Crippen LogP contribution in [0.3, 0.4) is 0 Å². The Labute approximate surface area is 91.9 Å². The number of nitrogens with zero attached hydrogens (tertiary/aromatic N) is 2. The maximum Gasteiger partial charge on any atom is 0.237 e. The van der Waals surface area contributed by atoms with Crippen molar-refractivity contribution in [2.45, 2.75) is 45.9 Å². The lowest BCUT2D eigenvalue weighted by Crippen LogP contribution is -2.58. The van der Waals surface area contributed by atoms with Gasteiger partial charge in [-0.05, 0) is 27.7 Å². The summed E-state index contributed by atoms with van der Waals surface area (Å²) in [6.07, 6.45) is -0.370. The minimum Gasteiger partial charge on any atom is -0.392 e. The Morgan fingerprint density at radius 1 is 1.47 bits per heavy atom. The Bertz CT molecular complexity index is 229. The van der Waals surface area contributed by atoms with E-state index < -0.39 is 0 Å². The highest BCUT2D eigenvalue weighted by Gasteiger charge is 2.30. The Kier molecular flexibility index (Phi) is 4.11. The van der Waals surface area contributed by atoms with Crippen molar-refractivity contribution in [3.8, 4) is 0 Å². The molecule has 2 unspecified atom stereocenters. The third kappa shape index (κ3) is 3.18. The fourth-order valence-corrected chi connectivity index (χ4v) is 2.01. The second-order valence-electron chi connectivity index (χ2n) is 4.77. The van der Waals surface area contributed by atoms with Crippen molar-refractivity contribution in [1.29, 1.82) is 0 Å². The van der Waals surface area contributed by atoms with Gasteiger partial charge in [0.25, 0.3) is 0 Å². The number of carbonyl (C=O) groups is 1. The van der Waals surface area contributed by atoms with Gasteiger partial charge in [-0.15, -0.1) is 0 Å². The summed E-state index contributed by atoms with van der Waals surface area (Å²) < 4.78 is 0. The molecule has 1 saturated heterocycles. The SMILES string of the molecule is CC(O)CN1CC(=O)N(C(C)C)CC1C. The summed E-state index contributed by atoms with van der Waals surface area (Å²) in [5, 5.41) is 9.32. The van der Waals surface area contributed by atoms with Crippen LogP contribution in [-0.2, 0) is 4.79 Å². The summed E-state index contributed by atoms with van der Waals surface area (Å²) in [6.45, 7) is 9.71. The quantitative estimate of drug-likeness (QED) is 0.735. The molecule has 1 amide bonds. The number of hydrogen-bond donors (Lipinski definition) is 1. The van der Waals surface area contributed by atoms with Crippen LogP contribution in [0.2, 0.25) is 0 Å². The molecule has 1 heterocycles. The van der Waals surface area contributed by atoms with Gasteiger partial charge in [0.05, 0.1) is 12.6 Å². The van der Waals surface area contributed by atoms with Crippen LogP contribution in [0, 0.1) is 0 Å². The molecule has 0 radical (unpaired) electrons. The maximum absolute atomic E-state index is 11.8. The molecule has 4 heteroatoms. The fraction of sp³-hybridized carbons (Fsp3) is 0.909. The second kappa shape index (κ2) is 4.94. The van der Waals surface area contributed by atoms with Gasteiger partial charge in [0.2, 0.25) is 5.91 Å². The Morgan fingerprint density at radius 3 is 2.53 bits per heavy atom. The third-order valence-corrected chi connectivity index (χ3v) is 2.87. The molecule has 4 nitrogen and oxygen atoms in total. The molecule has 0 aliphatic carbocycles. The molecular formula is C11H22N2O2. The van der Waals surface area contributed by atoms with E-state index in [1.54, 1.807) is 6.92 Å². The van der Waals surface area contributed by atoms with Gasteiger partial charge in [0.15, 0.2) is 0 Å². The maximum atomic E-state index is 11.8. The van der Waals surface area contributed by atoms with E-state index in [9.17, 15) is 9.90 Å². The predicted octanol–water partition coefficient (Wildman–Crippen LogP) is 0.308. The van der Waals surface area contributed by atoms with E-state index in [1.807, 2.05) is 23.6 Å². The Balaban J connectivity index is 2.58. The van der Waals surface area contributed by atoms with Crippen LogP contribution in [0.4, 0.5) is 0 Å². The van der Waals surface area contributed by atoms with Gasteiger partial charge in [-0.3, -0.25) is 9.69 Å². The molecule has 1 N–H and O–H groups in total. The summed E-state index contributed by atoms with van der Waals surface area (Å²) in [7, 11) is 0. The average Bonchev–Trinajstić information content (AvgIpc) is 2.09. The number of amides is 1. The van der Waals surface area contributed by atoms with Crippen LogP contribution in [0.5, 0.6) is 0 Å². The van der Waals surface area contributed by atoms with E-state index in [0.717, 1.165) is 6.54 Å². The summed E-state index contributed by atoms with van der Waals surface area (Å²) in [5.41, 5.74) is 0. The molecule has 0 bridgehead atoms. The summed E-state index contributed by atoms with van der Waals surface area (Å²) in [6, 6.07) is 0.605. The zero-order chi connectivity index (χ0) is 11.6. The summed E-state index contributed by atoms with van der Waals surface area (Å²) in [5.74, 6) is 0.170. The van der Waals surface area contributed by atoms with Gasteiger partial charge in [0, 0.05) is 25.2 Å². The van der Waals surface area contributed by atoms with Gasteiger partial charge in [-0.1, -0.05) is 0 Å². The van der Waals surface area contributed by atoms with Crippen LogP contribution in [0.25, 0.3) is 0 Å². The summed E-state index contributed by atoms with van der Waals surface area (Å²) in [4.78, 5) is 15.7. The molecule has 2 atom stereocenters. The number of aliphatic hydroxyl groups is 1. The smallest absolute Gasteiger partial charge is 0.237 e. The third-order valence-electron chi connectivity index (χ3n) is 2.87. The highest BCUT2D eigenvalue weighted by atomic mass is 16.3. The van der Waals surface area contributed by atoms with E-state index in [4.69, 9.17) is 0 Å². The predicted molar refractivity (Wildman–Crippen MR) is 59.6 cm³/mol. The number of aliphatic hydroxyl groups excluding tert-OH is 1.